The molecule has 1 unspecified atom stereocenters. The number of ether oxygens (including phenoxy) is 3. The Bertz CT molecular complexity index is 1030. The molecule has 0 bridgehead atoms. The number of carbonyl (C=O) groups is 1. The number of carbonyl (C=O) groups excluding carboxylic acids is 1. The van der Waals surface area contributed by atoms with Gasteiger partial charge in [-0.25, -0.2) is 4.98 Å². The average molecular weight is 455 g/mol. The fourth-order valence-corrected chi connectivity index (χ4v) is 4.16. The van der Waals surface area contributed by atoms with E-state index in [1.165, 1.54) is 11.3 Å². The largest absolute Gasteiger partial charge is 0.493 e. The van der Waals surface area contributed by atoms with Crippen molar-refractivity contribution in [2.45, 2.75) is 40.2 Å². The molecule has 1 aromatic heterocycles. The van der Waals surface area contributed by atoms with Crippen molar-refractivity contribution in [1.82, 2.24) is 10.3 Å². The molecule has 0 fully saturated rings. The van der Waals surface area contributed by atoms with Crippen LogP contribution in [0.5, 0.6) is 17.2 Å². The van der Waals surface area contributed by atoms with E-state index < -0.39 is 0 Å². The first kappa shape index (κ1) is 23.6. The number of hydrogen-bond donors (Lipinski definition) is 1. The lowest BCUT2D eigenvalue weighted by atomic mass is 10.1. The van der Waals surface area contributed by atoms with Gasteiger partial charge in [-0.2, -0.15) is 0 Å². The summed E-state index contributed by atoms with van der Waals surface area (Å²) in [6.07, 6.45) is 0.215. The van der Waals surface area contributed by atoms with Gasteiger partial charge in [-0.3, -0.25) is 4.79 Å². The van der Waals surface area contributed by atoms with Gasteiger partial charge in [0, 0.05) is 5.38 Å². The molecule has 1 heterocycles. The van der Waals surface area contributed by atoms with Crippen LogP contribution in [-0.2, 0) is 11.2 Å². The van der Waals surface area contributed by atoms with Crippen LogP contribution in [0.2, 0.25) is 0 Å². The Morgan fingerprint density at radius 1 is 0.969 bits per heavy atom. The molecule has 0 saturated carbocycles. The molecule has 0 aliphatic heterocycles. The van der Waals surface area contributed by atoms with Crippen molar-refractivity contribution in [2.24, 2.45) is 0 Å². The number of benzene rings is 2. The standard InChI is InChI=1S/C25H30N2O4S/c1-5-29-21-11-9-8-10-20(21)25-27-19(16-32-25)15-24(28)26-17(4)18-12-13-22(30-6-2)23(14-18)31-7-3/h8-14,16-17H,5-7,15H2,1-4H3,(H,26,28). The van der Waals surface area contributed by atoms with E-state index in [-0.39, 0.29) is 18.4 Å². The molecule has 0 saturated heterocycles. The van der Waals surface area contributed by atoms with Crippen LogP contribution in [0.15, 0.2) is 47.8 Å². The van der Waals surface area contributed by atoms with Gasteiger partial charge in [0.15, 0.2) is 11.5 Å². The lowest BCUT2D eigenvalue weighted by Crippen LogP contribution is -2.28. The molecule has 2 aromatic carbocycles. The molecule has 0 spiro atoms. The molecule has 7 heteroatoms. The number of thiazole rings is 1. The second-order valence-corrected chi connectivity index (χ2v) is 7.97. The number of aromatic nitrogens is 1. The first-order chi connectivity index (χ1) is 15.5. The summed E-state index contributed by atoms with van der Waals surface area (Å²) in [6, 6.07) is 13.4. The Labute approximate surface area is 193 Å². The van der Waals surface area contributed by atoms with E-state index in [2.05, 4.69) is 10.3 Å². The van der Waals surface area contributed by atoms with Gasteiger partial charge >= 0.3 is 0 Å². The van der Waals surface area contributed by atoms with E-state index >= 15 is 0 Å². The molecular weight excluding hydrogens is 424 g/mol. The summed E-state index contributed by atoms with van der Waals surface area (Å²) in [5.74, 6) is 2.11. The Balaban J connectivity index is 1.66. The normalized spacial score (nSPS) is 11.6. The number of para-hydroxylation sites is 1. The molecule has 1 amide bonds. The number of amides is 1. The molecule has 32 heavy (non-hydrogen) atoms. The average Bonchev–Trinajstić information content (AvgIpc) is 3.24. The monoisotopic (exact) mass is 454 g/mol. The SMILES string of the molecule is CCOc1ccc(C(C)NC(=O)Cc2csc(-c3ccccc3OCC)n2)cc1OCC. The topological polar surface area (TPSA) is 69.7 Å². The van der Waals surface area contributed by atoms with Crippen molar-refractivity contribution >= 4 is 17.2 Å². The number of rotatable bonds is 11. The van der Waals surface area contributed by atoms with E-state index in [1.807, 2.05) is 75.5 Å². The van der Waals surface area contributed by atoms with Crippen molar-refractivity contribution in [1.29, 1.82) is 0 Å². The summed E-state index contributed by atoms with van der Waals surface area (Å²) >= 11 is 1.51. The van der Waals surface area contributed by atoms with Crippen molar-refractivity contribution in [3.63, 3.8) is 0 Å². The molecular formula is C25H30N2O4S. The van der Waals surface area contributed by atoms with Crippen LogP contribution >= 0.6 is 11.3 Å². The second-order valence-electron chi connectivity index (χ2n) is 7.11. The molecule has 0 aliphatic carbocycles. The van der Waals surface area contributed by atoms with Crippen LogP contribution in [0, 0.1) is 0 Å². The lowest BCUT2D eigenvalue weighted by Gasteiger charge is -2.17. The Morgan fingerprint density at radius 3 is 2.41 bits per heavy atom. The molecule has 3 aromatic rings. The maximum absolute atomic E-state index is 12.7. The van der Waals surface area contributed by atoms with E-state index in [0.717, 1.165) is 27.6 Å². The van der Waals surface area contributed by atoms with E-state index in [0.29, 0.717) is 31.3 Å². The van der Waals surface area contributed by atoms with Crippen molar-refractivity contribution < 1.29 is 19.0 Å². The highest BCUT2D eigenvalue weighted by atomic mass is 32.1. The molecule has 3 rings (SSSR count). The van der Waals surface area contributed by atoms with E-state index in [9.17, 15) is 4.79 Å². The van der Waals surface area contributed by atoms with Crippen LogP contribution < -0.4 is 19.5 Å². The van der Waals surface area contributed by atoms with Crippen LogP contribution in [0.25, 0.3) is 10.6 Å². The highest BCUT2D eigenvalue weighted by Crippen LogP contribution is 2.33. The molecule has 1 N–H and O–H groups in total. The highest BCUT2D eigenvalue weighted by Gasteiger charge is 2.16. The maximum atomic E-state index is 12.7. The molecule has 6 nitrogen and oxygen atoms in total. The summed E-state index contributed by atoms with van der Waals surface area (Å²) in [5.41, 5.74) is 2.63. The first-order valence-corrected chi connectivity index (χ1v) is 11.8. The van der Waals surface area contributed by atoms with Gasteiger partial charge in [-0.1, -0.05) is 18.2 Å². The minimum Gasteiger partial charge on any atom is -0.493 e. The fourth-order valence-electron chi connectivity index (χ4n) is 3.31. The molecule has 0 aliphatic rings. The second kappa shape index (κ2) is 11.5. The summed E-state index contributed by atoms with van der Waals surface area (Å²) in [4.78, 5) is 17.3. The fraction of sp³-hybridized carbons (Fsp3) is 0.360. The van der Waals surface area contributed by atoms with Gasteiger partial charge in [0.1, 0.15) is 10.8 Å². The zero-order valence-electron chi connectivity index (χ0n) is 19.0. The summed E-state index contributed by atoms with van der Waals surface area (Å²) in [5, 5.41) is 5.82. The summed E-state index contributed by atoms with van der Waals surface area (Å²) in [7, 11) is 0. The minimum atomic E-state index is -0.172. The maximum Gasteiger partial charge on any atom is 0.226 e. The van der Waals surface area contributed by atoms with Crippen molar-refractivity contribution in [2.75, 3.05) is 19.8 Å². The third-order valence-corrected chi connectivity index (χ3v) is 5.68. The van der Waals surface area contributed by atoms with Gasteiger partial charge in [-0.05, 0) is 57.5 Å². The molecule has 1 atom stereocenters. The third-order valence-electron chi connectivity index (χ3n) is 4.76. The van der Waals surface area contributed by atoms with Gasteiger partial charge in [-0.15, -0.1) is 11.3 Å². The summed E-state index contributed by atoms with van der Waals surface area (Å²) < 4.78 is 17.0. The third kappa shape index (κ3) is 6.01. The zero-order chi connectivity index (χ0) is 22.9. The van der Waals surface area contributed by atoms with Crippen LogP contribution in [0.4, 0.5) is 0 Å². The predicted octanol–water partition coefficient (Wildman–Crippen LogP) is 5.43. The van der Waals surface area contributed by atoms with Crippen molar-refractivity contribution in [3.8, 4) is 27.8 Å². The van der Waals surface area contributed by atoms with Crippen LogP contribution in [-0.4, -0.2) is 30.7 Å². The first-order valence-electron chi connectivity index (χ1n) is 10.9. The van der Waals surface area contributed by atoms with E-state index in [1.54, 1.807) is 0 Å². The summed E-state index contributed by atoms with van der Waals surface area (Å²) in [6.45, 7) is 9.48. The smallest absolute Gasteiger partial charge is 0.226 e. The molecule has 0 radical (unpaired) electrons. The lowest BCUT2D eigenvalue weighted by molar-refractivity contribution is -0.121. The zero-order valence-corrected chi connectivity index (χ0v) is 19.8. The number of nitrogens with one attached hydrogen (secondary N) is 1. The van der Waals surface area contributed by atoms with E-state index in [4.69, 9.17) is 14.2 Å². The highest BCUT2D eigenvalue weighted by molar-refractivity contribution is 7.13. The Kier molecular flexibility index (Phi) is 8.50. The quantitative estimate of drug-likeness (QED) is 0.419. The van der Waals surface area contributed by atoms with Gasteiger partial charge in [0.2, 0.25) is 5.91 Å². The van der Waals surface area contributed by atoms with Crippen molar-refractivity contribution in [3.05, 3.63) is 59.1 Å². The van der Waals surface area contributed by atoms with Gasteiger partial charge < -0.3 is 19.5 Å². The Morgan fingerprint density at radius 2 is 1.66 bits per heavy atom. The minimum absolute atomic E-state index is 0.0840. The number of hydrogen-bond acceptors (Lipinski definition) is 6. The van der Waals surface area contributed by atoms with Gasteiger partial charge in [0.25, 0.3) is 0 Å². The Hall–Kier alpha value is -3.06. The number of nitrogens with zero attached hydrogens (tertiary/aromatic N) is 1. The van der Waals surface area contributed by atoms with Crippen LogP contribution in [0.1, 0.15) is 45.0 Å². The molecule has 170 valence electrons. The van der Waals surface area contributed by atoms with Gasteiger partial charge in [0.05, 0.1) is 43.5 Å². The predicted molar refractivity (Wildman–Crippen MR) is 128 cm³/mol. The van der Waals surface area contributed by atoms with Crippen LogP contribution in [0.3, 0.4) is 0 Å².